The molecule has 5 nitrogen and oxygen atoms in total. The molecule has 0 radical (unpaired) electrons. The molecule has 0 aliphatic carbocycles. The van der Waals surface area contributed by atoms with Gasteiger partial charge in [-0.05, 0) is 12.1 Å². The minimum atomic E-state index is -0.921. The number of benzene rings is 1. The van der Waals surface area contributed by atoms with Crippen molar-refractivity contribution in [2.24, 2.45) is 0 Å². The predicted octanol–water partition coefficient (Wildman–Crippen LogP) is 1.15. The Morgan fingerprint density at radius 1 is 1.11 bits per heavy atom. The van der Waals surface area contributed by atoms with E-state index >= 15 is 0 Å². The minimum absolute atomic E-state index is 0.00797. The van der Waals surface area contributed by atoms with Gasteiger partial charge in [-0.25, -0.2) is 0 Å². The average Bonchev–Trinajstić information content (AvgIpc) is 2.63. The molecule has 0 fully saturated rings. The van der Waals surface area contributed by atoms with Gasteiger partial charge in [0.05, 0.1) is 24.1 Å². The molecule has 0 saturated heterocycles. The van der Waals surface area contributed by atoms with Crippen LogP contribution in [0.15, 0.2) is 24.3 Å². The van der Waals surface area contributed by atoms with Gasteiger partial charge in [0.15, 0.2) is 0 Å². The number of carboxylic acids is 1. The van der Waals surface area contributed by atoms with E-state index in [4.69, 9.17) is 5.11 Å². The second kappa shape index (κ2) is 5.36. The van der Waals surface area contributed by atoms with E-state index < -0.39 is 5.97 Å². The third-order valence-electron chi connectivity index (χ3n) is 2.70. The summed E-state index contributed by atoms with van der Waals surface area (Å²) in [4.78, 5) is 35.2. The molecule has 5 heteroatoms. The van der Waals surface area contributed by atoms with Gasteiger partial charge in [0, 0.05) is 6.42 Å². The first-order valence-corrected chi connectivity index (χ1v) is 5.74. The maximum absolute atomic E-state index is 11.9. The fraction of sp³-hybridized carbons (Fsp3) is 0.214. The molecular weight excluding hydrogens is 246 g/mol. The smallest absolute Gasteiger partial charge is 0.304 e. The van der Waals surface area contributed by atoms with E-state index in [9.17, 15) is 14.4 Å². The molecule has 0 saturated carbocycles. The highest BCUT2D eigenvalue weighted by molar-refractivity contribution is 6.21. The van der Waals surface area contributed by atoms with E-state index in [0.29, 0.717) is 11.1 Å². The van der Waals surface area contributed by atoms with Crippen molar-refractivity contribution in [3.05, 3.63) is 35.4 Å². The van der Waals surface area contributed by atoms with Gasteiger partial charge in [0.2, 0.25) is 0 Å². The summed E-state index contributed by atoms with van der Waals surface area (Å²) in [7, 11) is 0. The molecule has 1 aliphatic rings. The summed E-state index contributed by atoms with van der Waals surface area (Å²) in [5.41, 5.74) is 0.777. The minimum Gasteiger partial charge on any atom is -0.481 e. The quantitative estimate of drug-likeness (QED) is 0.651. The van der Waals surface area contributed by atoms with Crippen molar-refractivity contribution in [2.45, 2.75) is 12.8 Å². The van der Waals surface area contributed by atoms with Gasteiger partial charge >= 0.3 is 5.97 Å². The summed E-state index contributed by atoms with van der Waals surface area (Å²) >= 11 is 0. The van der Waals surface area contributed by atoms with Crippen LogP contribution in [0.2, 0.25) is 0 Å². The maximum atomic E-state index is 11.9. The predicted molar refractivity (Wildman–Crippen MR) is 66.5 cm³/mol. The second-order valence-electron chi connectivity index (χ2n) is 3.99. The standard InChI is InChI=1S/C14H11NO4/c16-12(17)8-2-1-5-9-15-13(18)10-6-3-4-7-11(10)14(15)19/h3-4,6-7H,2,8-9H2,(H,16,17). The van der Waals surface area contributed by atoms with Gasteiger partial charge < -0.3 is 5.11 Å². The summed E-state index contributed by atoms with van der Waals surface area (Å²) in [5, 5.41) is 8.44. The molecule has 0 spiro atoms. The fourth-order valence-corrected chi connectivity index (χ4v) is 1.78. The topological polar surface area (TPSA) is 74.7 Å². The molecule has 1 aromatic carbocycles. The first-order valence-electron chi connectivity index (χ1n) is 5.74. The summed E-state index contributed by atoms with van der Waals surface area (Å²) in [6.07, 6.45) is 0.160. The Labute approximate surface area is 109 Å². The van der Waals surface area contributed by atoms with E-state index in [2.05, 4.69) is 11.8 Å². The number of imide groups is 1. The van der Waals surface area contributed by atoms with Crippen LogP contribution >= 0.6 is 0 Å². The first-order chi connectivity index (χ1) is 9.11. The third-order valence-corrected chi connectivity index (χ3v) is 2.70. The lowest BCUT2D eigenvalue weighted by Crippen LogP contribution is -2.29. The van der Waals surface area contributed by atoms with Crippen molar-refractivity contribution >= 4 is 17.8 Å². The summed E-state index contributed by atoms with van der Waals surface area (Å²) < 4.78 is 0. The van der Waals surface area contributed by atoms with Gasteiger partial charge in [0.1, 0.15) is 0 Å². The number of amides is 2. The van der Waals surface area contributed by atoms with Crippen LogP contribution in [0, 0.1) is 11.8 Å². The number of carbonyl (C=O) groups is 3. The molecule has 0 atom stereocenters. The highest BCUT2D eigenvalue weighted by Crippen LogP contribution is 2.21. The normalized spacial score (nSPS) is 12.9. The van der Waals surface area contributed by atoms with Gasteiger partial charge in [-0.1, -0.05) is 18.1 Å². The van der Waals surface area contributed by atoms with Gasteiger partial charge in [-0.3, -0.25) is 19.3 Å². The lowest BCUT2D eigenvalue weighted by molar-refractivity contribution is -0.136. The highest BCUT2D eigenvalue weighted by Gasteiger charge is 2.34. The number of hydrogen-bond donors (Lipinski definition) is 1. The van der Waals surface area contributed by atoms with Crippen molar-refractivity contribution in [3.63, 3.8) is 0 Å². The monoisotopic (exact) mass is 257 g/mol. The number of carbonyl (C=O) groups excluding carboxylic acids is 2. The number of rotatable bonds is 3. The molecular formula is C14H11NO4. The molecule has 0 bridgehead atoms. The molecule has 2 rings (SSSR count). The van der Waals surface area contributed by atoms with Crippen LogP contribution in [0.1, 0.15) is 33.6 Å². The molecule has 19 heavy (non-hydrogen) atoms. The Morgan fingerprint density at radius 2 is 1.68 bits per heavy atom. The zero-order chi connectivity index (χ0) is 13.8. The Bertz CT molecular complexity index is 574. The number of hydrogen-bond acceptors (Lipinski definition) is 3. The summed E-state index contributed by atoms with van der Waals surface area (Å²) in [6.45, 7) is -0.00797. The Balaban J connectivity index is 2.02. The number of aliphatic carboxylic acids is 1. The zero-order valence-corrected chi connectivity index (χ0v) is 10.0. The Kier molecular flexibility index (Phi) is 3.62. The van der Waals surface area contributed by atoms with Crippen molar-refractivity contribution in [1.82, 2.24) is 4.90 Å². The number of nitrogens with zero attached hydrogens (tertiary/aromatic N) is 1. The first kappa shape index (κ1) is 12.8. The molecule has 1 aliphatic heterocycles. The van der Waals surface area contributed by atoms with Crippen molar-refractivity contribution in [2.75, 3.05) is 6.54 Å². The van der Waals surface area contributed by atoms with Crippen LogP contribution in [0.3, 0.4) is 0 Å². The second-order valence-corrected chi connectivity index (χ2v) is 3.99. The zero-order valence-electron chi connectivity index (χ0n) is 10.0. The van der Waals surface area contributed by atoms with Crippen LogP contribution in [0.25, 0.3) is 0 Å². The lowest BCUT2D eigenvalue weighted by atomic mass is 10.1. The number of carboxylic acid groups (broad SMARTS) is 1. The van der Waals surface area contributed by atoms with E-state index in [1.54, 1.807) is 24.3 Å². The van der Waals surface area contributed by atoms with E-state index in [-0.39, 0.29) is 31.2 Å². The van der Waals surface area contributed by atoms with E-state index in [1.165, 1.54) is 0 Å². The van der Waals surface area contributed by atoms with Crippen molar-refractivity contribution < 1.29 is 19.5 Å². The highest BCUT2D eigenvalue weighted by atomic mass is 16.4. The van der Waals surface area contributed by atoms with Crippen molar-refractivity contribution in [3.8, 4) is 11.8 Å². The van der Waals surface area contributed by atoms with Gasteiger partial charge in [0.25, 0.3) is 11.8 Å². The molecule has 0 aromatic heterocycles. The maximum Gasteiger partial charge on any atom is 0.304 e. The summed E-state index contributed by atoms with van der Waals surface area (Å²) in [5.74, 6) is 3.66. The average molecular weight is 257 g/mol. The van der Waals surface area contributed by atoms with Crippen LogP contribution in [0.4, 0.5) is 0 Å². The lowest BCUT2D eigenvalue weighted by Gasteiger charge is -2.08. The Hall–Kier alpha value is -2.61. The molecule has 0 unspecified atom stereocenters. The number of fused-ring (bicyclic) bond motifs is 1. The van der Waals surface area contributed by atoms with Crippen LogP contribution in [0.5, 0.6) is 0 Å². The van der Waals surface area contributed by atoms with Crippen LogP contribution in [-0.4, -0.2) is 34.3 Å². The fourth-order valence-electron chi connectivity index (χ4n) is 1.78. The van der Waals surface area contributed by atoms with Gasteiger partial charge in [-0.2, -0.15) is 0 Å². The Morgan fingerprint density at radius 3 is 2.21 bits per heavy atom. The molecule has 2 amide bonds. The SMILES string of the molecule is O=C(O)CCC#CCN1C(=O)c2ccccc2C1=O. The molecule has 1 N–H and O–H groups in total. The van der Waals surface area contributed by atoms with Crippen LogP contribution in [-0.2, 0) is 4.79 Å². The van der Waals surface area contributed by atoms with E-state index in [0.717, 1.165) is 4.90 Å². The third kappa shape index (κ3) is 2.63. The van der Waals surface area contributed by atoms with Crippen LogP contribution < -0.4 is 0 Å². The molecule has 1 heterocycles. The van der Waals surface area contributed by atoms with Crippen molar-refractivity contribution in [1.29, 1.82) is 0 Å². The summed E-state index contributed by atoms with van der Waals surface area (Å²) in [6, 6.07) is 6.61. The molecule has 96 valence electrons. The van der Waals surface area contributed by atoms with E-state index in [1.807, 2.05) is 0 Å². The largest absolute Gasteiger partial charge is 0.481 e. The molecule has 1 aromatic rings. The van der Waals surface area contributed by atoms with Gasteiger partial charge in [-0.15, -0.1) is 5.92 Å².